The molecule has 1 aromatic carbocycles. The van der Waals surface area contributed by atoms with Crippen LogP contribution in [0.15, 0.2) is 54.7 Å². The molecule has 0 saturated heterocycles. The number of rotatable bonds is 2. The van der Waals surface area contributed by atoms with Gasteiger partial charge in [0.25, 0.3) is 0 Å². The van der Waals surface area contributed by atoms with Gasteiger partial charge in [-0.3, -0.25) is 4.79 Å². The molecule has 5 heteroatoms. The van der Waals surface area contributed by atoms with Crippen LogP contribution < -0.4 is 9.64 Å². The maximum atomic E-state index is 12.2. The van der Waals surface area contributed by atoms with E-state index in [2.05, 4.69) is 4.98 Å². The van der Waals surface area contributed by atoms with Gasteiger partial charge in [0.1, 0.15) is 0 Å². The highest BCUT2D eigenvalue weighted by Crippen LogP contribution is 2.29. The molecule has 4 rings (SSSR count). The number of carbonyl (C=O) groups is 1. The number of nitrogens with zero attached hydrogens (tertiary/aromatic N) is 3. The van der Waals surface area contributed by atoms with Gasteiger partial charge in [0.05, 0.1) is 30.7 Å². The smallest absolute Gasteiger partial charge is 0.224 e. The number of aromatic nitrogens is 2. The summed E-state index contributed by atoms with van der Waals surface area (Å²) in [6.07, 6.45) is 5.76. The molecule has 0 aliphatic carbocycles. The van der Waals surface area contributed by atoms with Crippen molar-refractivity contribution in [1.82, 2.24) is 9.97 Å². The molecule has 27 heavy (non-hydrogen) atoms. The van der Waals surface area contributed by atoms with Gasteiger partial charge >= 0.3 is 0 Å². The van der Waals surface area contributed by atoms with E-state index in [0.29, 0.717) is 12.4 Å². The van der Waals surface area contributed by atoms with Gasteiger partial charge in [-0.2, -0.15) is 0 Å². The standard InChI is InChI=1S/C22H19N3O2/c1-15(26)25-14-18-8-11-19(17-9-12-22(27-2)23-13-17)24-20(18)10-7-16-5-3-4-6-21(16)25/h3-13H,14H2,1-2H3. The van der Waals surface area contributed by atoms with Crippen molar-refractivity contribution in [3.63, 3.8) is 0 Å². The summed E-state index contributed by atoms with van der Waals surface area (Å²) in [7, 11) is 1.59. The molecular formula is C22H19N3O2. The van der Waals surface area contributed by atoms with Crippen LogP contribution in [0, 0.1) is 0 Å². The van der Waals surface area contributed by atoms with E-state index >= 15 is 0 Å². The van der Waals surface area contributed by atoms with Gasteiger partial charge in [-0.15, -0.1) is 0 Å². The Morgan fingerprint density at radius 1 is 1.07 bits per heavy atom. The first-order valence-electron chi connectivity index (χ1n) is 8.71. The fourth-order valence-corrected chi connectivity index (χ4v) is 3.17. The van der Waals surface area contributed by atoms with Crippen LogP contribution in [-0.2, 0) is 11.3 Å². The molecule has 5 nitrogen and oxygen atoms in total. The van der Waals surface area contributed by atoms with Crippen LogP contribution in [0.2, 0.25) is 0 Å². The molecule has 0 unspecified atom stereocenters. The van der Waals surface area contributed by atoms with Crippen LogP contribution >= 0.6 is 0 Å². The largest absolute Gasteiger partial charge is 0.481 e. The molecule has 3 aromatic rings. The number of amides is 1. The van der Waals surface area contributed by atoms with Gasteiger partial charge < -0.3 is 9.64 Å². The number of methoxy groups -OCH3 is 1. The van der Waals surface area contributed by atoms with E-state index in [0.717, 1.165) is 33.8 Å². The predicted octanol–water partition coefficient (Wildman–Crippen LogP) is 4.19. The molecule has 1 aliphatic rings. The highest BCUT2D eigenvalue weighted by atomic mass is 16.5. The minimum Gasteiger partial charge on any atom is -0.481 e. The second-order valence-electron chi connectivity index (χ2n) is 6.33. The van der Waals surface area contributed by atoms with E-state index in [9.17, 15) is 4.79 Å². The zero-order chi connectivity index (χ0) is 18.8. The third kappa shape index (κ3) is 3.31. The van der Waals surface area contributed by atoms with Crippen molar-refractivity contribution in [2.75, 3.05) is 12.0 Å². The normalized spacial score (nSPS) is 12.6. The van der Waals surface area contributed by atoms with E-state index < -0.39 is 0 Å². The minimum atomic E-state index is 0.00660. The van der Waals surface area contributed by atoms with Gasteiger partial charge in [-0.25, -0.2) is 9.97 Å². The van der Waals surface area contributed by atoms with Crippen LogP contribution in [0.5, 0.6) is 5.88 Å². The van der Waals surface area contributed by atoms with Gasteiger partial charge in [-0.05, 0) is 35.4 Å². The highest BCUT2D eigenvalue weighted by molar-refractivity contribution is 5.95. The monoisotopic (exact) mass is 357 g/mol. The molecule has 0 bridgehead atoms. The molecule has 3 heterocycles. The molecule has 134 valence electrons. The fraction of sp³-hybridized carbons (Fsp3) is 0.136. The number of anilines is 1. The Bertz CT molecular complexity index is 1030. The summed E-state index contributed by atoms with van der Waals surface area (Å²) in [4.78, 5) is 23.1. The van der Waals surface area contributed by atoms with Gasteiger partial charge in [0.2, 0.25) is 11.8 Å². The predicted molar refractivity (Wildman–Crippen MR) is 106 cm³/mol. The first-order chi connectivity index (χ1) is 13.2. The van der Waals surface area contributed by atoms with Crippen LogP contribution in [0.4, 0.5) is 5.69 Å². The average molecular weight is 357 g/mol. The number of hydrogen-bond donors (Lipinski definition) is 0. The summed E-state index contributed by atoms with van der Waals surface area (Å²) in [5.74, 6) is 0.575. The van der Waals surface area contributed by atoms with Crippen molar-refractivity contribution in [3.05, 3.63) is 71.5 Å². The lowest BCUT2D eigenvalue weighted by molar-refractivity contribution is -0.116. The molecule has 0 saturated carbocycles. The van der Waals surface area contributed by atoms with Crippen molar-refractivity contribution in [2.45, 2.75) is 13.5 Å². The summed E-state index contributed by atoms with van der Waals surface area (Å²) in [5.41, 5.74) is 5.51. The number of fused-ring (bicyclic) bond motifs is 2. The van der Waals surface area contributed by atoms with Crippen LogP contribution in [0.25, 0.3) is 23.4 Å². The molecule has 1 amide bonds. The summed E-state index contributed by atoms with van der Waals surface area (Å²) in [5, 5.41) is 0. The zero-order valence-corrected chi connectivity index (χ0v) is 15.2. The fourth-order valence-electron chi connectivity index (χ4n) is 3.17. The topological polar surface area (TPSA) is 55.3 Å². The van der Waals surface area contributed by atoms with Crippen molar-refractivity contribution in [1.29, 1.82) is 0 Å². The third-order valence-electron chi connectivity index (χ3n) is 4.61. The zero-order valence-electron chi connectivity index (χ0n) is 15.2. The molecule has 0 atom stereocenters. The molecule has 0 radical (unpaired) electrons. The Morgan fingerprint density at radius 2 is 1.93 bits per heavy atom. The Hall–Kier alpha value is -3.47. The van der Waals surface area contributed by atoms with Gasteiger partial charge in [0, 0.05) is 24.8 Å². The molecule has 0 fully saturated rings. The summed E-state index contributed by atoms with van der Waals surface area (Å²) >= 11 is 0. The first-order valence-corrected chi connectivity index (χ1v) is 8.71. The maximum Gasteiger partial charge on any atom is 0.224 e. The minimum absolute atomic E-state index is 0.00660. The number of benzene rings is 1. The number of ether oxygens (including phenoxy) is 1. The summed E-state index contributed by atoms with van der Waals surface area (Å²) in [6, 6.07) is 15.6. The number of para-hydroxylation sites is 1. The summed E-state index contributed by atoms with van der Waals surface area (Å²) < 4.78 is 5.11. The average Bonchev–Trinajstić information content (AvgIpc) is 2.69. The Morgan fingerprint density at radius 3 is 2.67 bits per heavy atom. The lowest BCUT2D eigenvalue weighted by Crippen LogP contribution is -2.29. The number of pyridine rings is 2. The molecular weight excluding hydrogens is 338 g/mol. The summed E-state index contributed by atoms with van der Waals surface area (Å²) in [6.45, 7) is 2.08. The van der Waals surface area contributed by atoms with E-state index in [1.807, 2.05) is 60.7 Å². The van der Waals surface area contributed by atoms with Crippen LogP contribution in [0.1, 0.15) is 23.7 Å². The van der Waals surface area contributed by atoms with E-state index in [1.165, 1.54) is 0 Å². The number of hydrogen-bond acceptors (Lipinski definition) is 4. The SMILES string of the molecule is COc1ccc(-c2ccc3c(n2)C=Cc2ccccc2N(C(C)=O)C3)cn1. The molecule has 0 spiro atoms. The number of carbonyl (C=O) groups excluding carboxylic acids is 1. The molecule has 0 N–H and O–H groups in total. The maximum absolute atomic E-state index is 12.2. The van der Waals surface area contributed by atoms with E-state index in [4.69, 9.17) is 9.72 Å². The van der Waals surface area contributed by atoms with Crippen molar-refractivity contribution in [3.8, 4) is 17.1 Å². The second-order valence-corrected chi connectivity index (χ2v) is 6.33. The lowest BCUT2D eigenvalue weighted by atomic mass is 10.0. The lowest BCUT2D eigenvalue weighted by Gasteiger charge is -2.25. The second kappa shape index (κ2) is 7.03. The highest BCUT2D eigenvalue weighted by Gasteiger charge is 2.19. The van der Waals surface area contributed by atoms with Crippen molar-refractivity contribution < 1.29 is 9.53 Å². The van der Waals surface area contributed by atoms with Gasteiger partial charge in [0.15, 0.2) is 0 Å². The third-order valence-corrected chi connectivity index (χ3v) is 4.61. The Labute approximate surface area is 158 Å². The van der Waals surface area contributed by atoms with E-state index in [1.54, 1.807) is 25.1 Å². The van der Waals surface area contributed by atoms with Gasteiger partial charge in [-0.1, -0.05) is 30.3 Å². The first kappa shape index (κ1) is 17.0. The van der Waals surface area contributed by atoms with Crippen LogP contribution in [0.3, 0.4) is 0 Å². The van der Waals surface area contributed by atoms with Crippen LogP contribution in [-0.4, -0.2) is 23.0 Å². The molecule has 1 aliphatic heterocycles. The van der Waals surface area contributed by atoms with Crippen molar-refractivity contribution >= 4 is 23.7 Å². The quantitative estimate of drug-likeness (QED) is 0.690. The van der Waals surface area contributed by atoms with Crippen molar-refractivity contribution in [2.24, 2.45) is 0 Å². The molecule has 2 aromatic heterocycles. The Balaban J connectivity index is 1.78. The van der Waals surface area contributed by atoms with E-state index in [-0.39, 0.29) is 5.91 Å². The Kier molecular flexibility index (Phi) is 4.42.